The number of nitrogens with one attached hydrogen (secondary N) is 1. The van der Waals surface area contributed by atoms with Gasteiger partial charge in [-0.1, -0.05) is 35.0 Å². The third-order valence-electron chi connectivity index (χ3n) is 4.15. The maximum absolute atomic E-state index is 12.4. The van der Waals surface area contributed by atoms with Gasteiger partial charge in [0.15, 0.2) is 11.0 Å². The first-order valence-corrected chi connectivity index (χ1v) is 11.5. The van der Waals surface area contributed by atoms with E-state index in [0.29, 0.717) is 49.5 Å². The fourth-order valence-electron chi connectivity index (χ4n) is 2.75. The summed E-state index contributed by atoms with van der Waals surface area (Å²) in [6.07, 6.45) is 1.59. The molecule has 0 spiro atoms. The predicted molar refractivity (Wildman–Crippen MR) is 122 cm³/mol. The molecule has 0 aliphatic heterocycles. The number of carbonyl (C=O) groups excluding carboxylic acids is 1. The molecule has 0 atom stereocenters. The van der Waals surface area contributed by atoms with Crippen molar-refractivity contribution in [1.29, 1.82) is 5.26 Å². The molecule has 0 fully saturated rings. The van der Waals surface area contributed by atoms with E-state index in [1.807, 2.05) is 16.7 Å². The van der Waals surface area contributed by atoms with Gasteiger partial charge in [-0.05, 0) is 41.8 Å². The zero-order valence-electron chi connectivity index (χ0n) is 15.7. The van der Waals surface area contributed by atoms with Crippen molar-refractivity contribution in [3.05, 3.63) is 69.4 Å². The Morgan fingerprint density at radius 3 is 2.90 bits per heavy atom. The number of aromatic nitrogens is 3. The van der Waals surface area contributed by atoms with E-state index in [-0.39, 0.29) is 11.7 Å². The second-order valence-corrected chi connectivity index (χ2v) is 8.91. The molecule has 11 heteroatoms. The molecule has 156 valence electrons. The highest BCUT2D eigenvalue weighted by Crippen LogP contribution is 2.32. The lowest BCUT2D eigenvalue weighted by Gasteiger charge is -2.10. The molecule has 0 radical (unpaired) electrons. The lowest BCUT2D eigenvalue weighted by atomic mass is 10.2. The molecule has 0 aliphatic carbocycles. The molecule has 0 aliphatic rings. The Balaban J connectivity index is 1.57. The van der Waals surface area contributed by atoms with Crippen molar-refractivity contribution >= 4 is 57.2 Å². The topological polar surface area (TPSA) is 96.7 Å². The largest absolute Gasteiger partial charge is 0.467 e. The molecule has 0 saturated heterocycles. The third kappa shape index (κ3) is 4.94. The van der Waals surface area contributed by atoms with E-state index in [1.54, 1.807) is 42.0 Å². The average Bonchev–Trinajstić information content (AvgIpc) is 3.49. The van der Waals surface area contributed by atoms with Gasteiger partial charge >= 0.3 is 0 Å². The molecule has 31 heavy (non-hydrogen) atoms. The molecule has 3 heterocycles. The number of hydrogen-bond donors (Lipinski definition) is 1. The van der Waals surface area contributed by atoms with E-state index >= 15 is 0 Å². The van der Waals surface area contributed by atoms with Gasteiger partial charge in [0.25, 0.3) is 0 Å². The summed E-state index contributed by atoms with van der Waals surface area (Å²) in [6, 6.07) is 12.5. The number of hydrogen-bond acceptors (Lipinski definition) is 7. The van der Waals surface area contributed by atoms with Crippen LogP contribution in [-0.4, -0.2) is 26.4 Å². The van der Waals surface area contributed by atoms with Crippen LogP contribution in [0.3, 0.4) is 0 Å². The smallest absolute Gasteiger partial charge is 0.235 e. The van der Waals surface area contributed by atoms with Gasteiger partial charge in [-0.3, -0.25) is 9.36 Å². The van der Waals surface area contributed by atoms with Gasteiger partial charge in [-0.25, -0.2) is 0 Å². The van der Waals surface area contributed by atoms with Crippen molar-refractivity contribution < 1.29 is 9.21 Å². The van der Waals surface area contributed by atoms with Gasteiger partial charge in [-0.2, -0.15) is 5.26 Å². The van der Waals surface area contributed by atoms with Crippen molar-refractivity contribution in [1.82, 2.24) is 14.8 Å². The number of nitriles is 1. The number of amides is 1. The van der Waals surface area contributed by atoms with Crippen LogP contribution >= 0.6 is 46.3 Å². The zero-order chi connectivity index (χ0) is 21.8. The molecular formula is C20H13Cl2N5O2S2. The van der Waals surface area contributed by atoms with Crippen molar-refractivity contribution in [2.24, 2.45) is 0 Å². The number of anilines is 1. The Morgan fingerprint density at radius 1 is 1.29 bits per heavy atom. The van der Waals surface area contributed by atoms with Crippen LogP contribution < -0.4 is 5.32 Å². The second-order valence-electron chi connectivity index (χ2n) is 6.21. The van der Waals surface area contributed by atoms with Gasteiger partial charge in [0, 0.05) is 10.6 Å². The molecule has 4 aromatic rings. The minimum Gasteiger partial charge on any atom is -0.467 e. The van der Waals surface area contributed by atoms with Crippen LogP contribution in [0.25, 0.3) is 11.4 Å². The number of thiophene rings is 1. The molecule has 4 rings (SSSR count). The summed E-state index contributed by atoms with van der Waals surface area (Å²) in [7, 11) is 0. The molecule has 1 aromatic carbocycles. The quantitative estimate of drug-likeness (QED) is 0.341. The van der Waals surface area contributed by atoms with Crippen LogP contribution in [-0.2, 0) is 11.3 Å². The molecule has 0 saturated carbocycles. The fourth-order valence-corrected chi connectivity index (χ4v) is 4.74. The number of nitrogens with zero attached hydrogens (tertiary/aromatic N) is 4. The fraction of sp³-hybridized carbons (Fsp3) is 0.100. The summed E-state index contributed by atoms with van der Waals surface area (Å²) in [4.78, 5) is 12.4. The molecule has 0 unspecified atom stereocenters. The van der Waals surface area contributed by atoms with Gasteiger partial charge in [-0.15, -0.1) is 21.5 Å². The van der Waals surface area contributed by atoms with Gasteiger partial charge < -0.3 is 9.73 Å². The predicted octanol–water partition coefficient (Wildman–Crippen LogP) is 5.56. The van der Waals surface area contributed by atoms with E-state index < -0.39 is 0 Å². The van der Waals surface area contributed by atoms with Crippen LogP contribution in [0.5, 0.6) is 0 Å². The molecule has 1 amide bonds. The van der Waals surface area contributed by atoms with E-state index in [0.717, 1.165) is 0 Å². The lowest BCUT2D eigenvalue weighted by molar-refractivity contribution is -0.113. The normalized spacial score (nSPS) is 10.7. The number of furan rings is 1. The van der Waals surface area contributed by atoms with Crippen LogP contribution in [0, 0.1) is 11.3 Å². The van der Waals surface area contributed by atoms with E-state index in [2.05, 4.69) is 15.5 Å². The highest BCUT2D eigenvalue weighted by Gasteiger charge is 2.19. The highest BCUT2D eigenvalue weighted by molar-refractivity contribution is 7.99. The van der Waals surface area contributed by atoms with Crippen molar-refractivity contribution in [2.45, 2.75) is 11.7 Å². The Labute approximate surface area is 195 Å². The van der Waals surface area contributed by atoms with Crippen LogP contribution in [0.1, 0.15) is 11.3 Å². The maximum atomic E-state index is 12.4. The highest BCUT2D eigenvalue weighted by atomic mass is 35.5. The first kappa shape index (κ1) is 21.5. The van der Waals surface area contributed by atoms with Crippen LogP contribution in [0.2, 0.25) is 10.0 Å². The Bertz CT molecular complexity index is 1260. The van der Waals surface area contributed by atoms with Crippen molar-refractivity contribution in [2.75, 3.05) is 11.1 Å². The van der Waals surface area contributed by atoms with Crippen molar-refractivity contribution in [3.63, 3.8) is 0 Å². The summed E-state index contributed by atoms with van der Waals surface area (Å²) >= 11 is 14.9. The van der Waals surface area contributed by atoms with Gasteiger partial charge in [0.05, 0.1) is 29.1 Å². The number of rotatable bonds is 7. The molecule has 7 nitrogen and oxygen atoms in total. The Kier molecular flexibility index (Phi) is 6.63. The zero-order valence-corrected chi connectivity index (χ0v) is 18.9. The van der Waals surface area contributed by atoms with Crippen LogP contribution in [0.15, 0.2) is 57.6 Å². The maximum Gasteiger partial charge on any atom is 0.235 e. The van der Waals surface area contributed by atoms with E-state index in [9.17, 15) is 4.79 Å². The molecular weight excluding hydrogens is 477 g/mol. The Hall–Kier alpha value is -2.77. The minimum atomic E-state index is -0.248. The monoisotopic (exact) mass is 489 g/mol. The van der Waals surface area contributed by atoms with Gasteiger partial charge in [0.2, 0.25) is 5.91 Å². The lowest BCUT2D eigenvalue weighted by Crippen LogP contribution is -2.14. The third-order valence-corrected chi connectivity index (χ3v) is 6.50. The second kappa shape index (κ2) is 9.58. The first-order chi connectivity index (χ1) is 15.0. The van der Waals surface area contributed by atoms with E-state index in [4.69, 9.17) is 32.9 Å². The summed E-state index contributed by atoms with van der Waals surface area (Å²) in [5.74, 6) is 1.08. The minimum absolute atomic E-state index is 0.0907. The summed E-state index contributed by atoms with van der Waals surface area (Å²) in [5.41, 5.74) is 1.10. The summed E-state index contributed by atoms with van der Waals surface area (Å²) in [5, 5.41) is 24.1. The number of thioether (sulfide) groups is 1. The standard InChI is InChI=1S/C20H13Cl2N5O2S2/c21-13-3-4-15(16(22)8-13)18-25-26-20(27(18)10-14-2-1-6-29-14)31-11-17(28)24-19-12(9-23)5-7-30-19/h1-8H,10-11H2,(H,24,28). The summed E-state index contributed by atoms with van der Waals surface area (Å²) < 4.78 is 7.31. The molecule has 1 N–H and O–H groups in total. The van der Waals surface area contributed by atoms with E-state index in [1.165, 1.54) is 23.1 Å². The number of benzene rings is 1. The summed E-state index contributed by atoms with van der Waals surface area (Å²) in [6.45, 7) is 0.363. The SMILES string of the molecule is N#Cc1ccsc1NC(=O)CSc1nnc(-c2ccc(Cl)cc2Cl)n1Cc1ccco1. The molecule has 3 aromatic heterocycles. The number of carbonyl (C=O) groups is 1. The Morgan fingerprint density at radius 2 is 2.16 bits per heavy atom. The van der Waals surface area contributed by atoms with Crippen molar-refractivity contribution in [3.8, 4) is 17.5 Å². The van der Waals surface area contributed by atoms with Gasteiger partial charge in [0.1, 0.15) is 16.8 Å². The average molecular weight is 490 g/mol. The van der Waals surface area contributed by atoms with Crippen LogP contribution in [0.4, 0.5) is 5.00 Å². The first-order valence-electron chi connectivity index (χ1n) is 8.86. The number of halogens is 2. The molecule has 0 bridgehead atoms.